The average molecular weight is 298 g/mol. The number of hydrogen-bond acceptors (Lipinski definition) is 5. The lowest BCUT2D eigenvalue weighted by Gasteiger charge is -2.10. The van der Waals surface area contributed by atoms with E-state index < -0.39 is 0 Å². The highest BCUT2D eigenvalue weighted by molar-refractivity contribution is 5.99. The summed E-state index contributed by atoms with van der Waals surface area (Å²) in [5.74, 6) is -0.219. The Balaban J connectivity index is 2.67. The molecule has 1 aromatic rings. The molecule has 0 bridgehead atoms. The lowest BCUT2D eigenvalue weighted by Crippen LogP contribution is -2.26. The van der Waals surface area contributed by atoms with Gasteiger partial charge in [0.05, 0.1) is 11.3 Å². The molecular weight excluding hydrogens is 280 g/mol. The fourth-order valence-electron chi connectivity index (χ4n) is 1.66. The number of nitrogens with one attached hydrogen (secondary N) is 2. The number of ether oxygens (including phenoxy) is 1. The molecule has 1 amide bonds. The topological polar surface area (TPSA) is 97.9 Å². The van der Waals surface area contributed by atoms with Gasteiger partial charge in [-0.3, -0.25) is 4.79 Å². The highest BCUT2D eigenvalue weighted by Gasteiger charge is 2.09. The van der Waals surface area contributed by atoms with Gasteiger partial charge in [0.1, 0.15) is 17.7 Å². The molecule has 1 aromatic carbocycles. The summed E-state index contributed by atoms with van der Waals surface area (Å²) in [6.45, 7) is 3.70. The molecule has 0 aliphatic carbocycles. The normalized spacial score (nSPS) is 9.23. The van der Waals surface area contributed by atoms with Crippen LogP contribution >= 0.6 is 0 Å². The Morgan fingerprint density at radius 2 is 2.05 bits per heavy atom. The van der Waals surface area contributed by atoms with Crippen LogP contribution in [0.4, 0.5) is 5.69 Å². The first-order valence-electron chi connectivity index (χ1n) is 6.94. The maximum Gasteiger partial charge on any atom is 0.253 e. The molecule has 0 aliphatic heterocycles. The van der Waals surface area contributed by atoms with Gasteiger partial charge in [-0.05, 0) is 25.5 Å². The quantitative estimate of drug-likeness (QED) is 0.566. The smallest absolute Gasteiger partial charge is 0.253 e. The number of amides is 1. The van der Waals surface area contributed by atoms with Gasteiger partial charge >= 0.3 is 0 Å². The largest absolute Gasteiger partial charge is 0.382 e. The van der Waals surface area contributed by atoms with Crippen LogP contribution in [0.25, 0.3) is 0 Å². The van der Waals surface area contributed by atoms with Crippen molar-refractivity contribution in [2.45, 2.75) is 13.3 Å². The molecule has 0 unspecified atom stereocenters. The van der Waals surface area contributed by atoms with E-state index >= 15 is 0 Å². The Hall–Kier alpha value is -2.83. The minimum absolute atomic E-state index is 0.0630. The first kappa shape index (κ1) is 17.2. The van der Waals surface area contributed by atoms with Crippen molar-refractivity contribution in [3.8, 4) is 12.1 Å². The second kappa shape index (κ2) is 9.98. The predicted octanol–water partition coefficient (Wildman–Crippen LogP) is 2.19. The summed E-state index contributed by atoms with van der Waals surface area (Å²) in [5.41, 5.74) is 0.921. The van der Waals surface area contributed by atoms with Crippen molar-refractivity contribution >= 4 is 11.6 Å². The number of allylic oxidation sites excluding steroid dienone is 1. The molecule has 0 radical (unpaired) electrons. The molecule has 0 aromatic heterocycles. The summed E-state index contributed by atoms with van der Waals surface area (Å²) < 4.78 is 5.20. The Kier molecular flexibility index (Phi) is 7.81. The van der Waals surface area contributed by atoms with Crippen LogP contribution < -0.4 is 10.6 Å². The van der Waals surface area contributed by atoms with E-state index in [4.69, 9.17) is 15.3 Å². The first-order valence-corrected chi connectivity index (χ1v) is 6.94. The Morgan fingerprint density at radius 3 is 2.73 bits per heavy atom. The minimum atomic E-state index is -0.219. The summed E-state index contributed by atoms with van der Waals surface area (Å²) in [4.78, 5) is 12.1. The fourth-order valence-corrected chi connectivity index (χ4v) is 1.66. The fraction of sp³-hybridized carbons (Fsp3) is 0.312. The lowest BCUT2D eigenvalue weighted by molar-refractivity contribution is 0.0945. The Morgan fingerprint density at radius 1 is 1.32 bits per heavy atom. The minimum Gasteiger partial charge on any atom is -0.382 e. The van der Waals surface area contributed by atoms with Gasteiger partial charge < -0.3 is 15.4 Å². The van der Waals surface area contributed by atoms with E-state index in [2.05, 4.69) is 10.6 Å². The van der Waals surface area contributed by atoms with Crippen molar-refractivity contribution in [1.82, 2.24) is 5.32 Å². The van der Waals surface area contributed by atoms with E-state index in [0.717, 1.165) is 6.42 Å². The van der Waals surface area contributed by atoms with E-state index in [-0.39, 0.29) is 11.5 Å². The van der Waals surface area contributed by atoms with Crippen LogP contribution in [-0.4, -0.2) is 25.7 Å². The third-order valence-corrected chi connectivity index (χ3v) is 2.74. The highest BCUT2D eigenvalue weighted by atomic mass is 16.5. The van der Waals surface area contributed by atoms with Crippen LogP contribution in [0.2, 0.25) is 0 Å². The third kappa shape index (κ3) is 5.66. The SMILES string of the molecule is CCOCCCNC(=O)c1ccccc1NC=C(C#N)C#N. The molecule has 0 heterocycles. The summed E-state index contributed by atoms with van der Waals surface area (Å²) >= 11 is 0. The van der Waals surface area contributed by atoms with Crippen LogP contribution in [-0.2, 0) is 4.74 Å². The summed E-state index contributed by atoms with van der Waals surface area (Å²) in [6.07, 6.45) is 2.02. The van der Waals surface area contributed by atoms with Crippen molar-refractivity contribution in [2.24, 2.45) is 0 Å². The first-order chi connectivity index (χ1) is 10.7. The molecule has 1 rings (SSSR count). The summed E-state index contributed by atoms with van der Waals surface area (Å²) in [6, 6.07) is 10.4. The van der Waals surface area contributed by atoms with Gasteiger partial charge in [0.15, 0.2) is 0 Å². The summed E-state index contributed by atoms with van der Waals surface area (Å²) in [7, 11) is 0. The number of nitriles is 2. The monoisotopic (exact) mass is 298 g/mol. The zero-order chi connectivity index (χ0) is 16.2. The van der Waals surface area contributed by atoms with Gasteiger partial charge in [-0.1, -0.05) is 12.1 Å². The molecule has 0 saturated carbocycles. The maximum atomic E-state index is 12.1. The van der Waals surface area contributed by atoms with Crippen molar-refractivity contribution in [2.75, 3.05) is 25.1 Å². The lowest BCUT2D eigenvalue weighted by atomic mass is 10.1. The van der Waals surface area contributed by atoms with E-state index in [9.17, 15) is 4.79 Å². The van der Waals surface area contributed by atoms with Gasteiger partial charge in [0, 0.05) is 26.0 Å². The molecule has 0 spiro atoms. The average Bonchev–Trinajstić information content (AvgIpc) is 2.55. The number of carbonyl (C=O) groups is 1. The van der Waals surface area contributed by atoms with Gasteiger partial charge in [0.25, 0.3) is 5.91 Å². The number of anilines is 1. The van der Waals surface area contributed by atoms with Crippen LogP contribution in [0.3, 0.4) is 0 Å². The molecule has 2 N–H and O–H groups in total. The molecule has 0 atom stereocenters. The molecule has 114 valence electrons. The second-order valence-electron chi connectivity index (χ2n) is 4.28. The second-order valence-corrected chi connectivity index (χ2v) is 4.28. The number of nitrogens with zero attached hydrogens (tertiary/aromatic N) is 2. The Labute approximate surface area is 130 Å². The number of carbonyl (C=O) groups excluding carboxylic acids is 1. The van der Waals surface area contributed by atoms with E-state index in [1.165, 1.54) is 6.20 Å². The zero-order valence-electron chi connectivity index (χ0n) is 12.4. The van der Waals surface area contributed by atoms with Crippen molar-refractivity contribution < 1.29 is 9.53 Å². The van der Waals surface area contributed by atoms with E-state index in [1.807, 2.05) is 6.92 Å². The molecule has 0 fully saturated rings. The predicted molar refractivity (Wildman–Crippen MR) is 82.8 cm³/mol. The number of hydrogen-bond donors (Lipinski definition) is 2. The Bertz CT molecular complexity index is 595. The van der Waals surface area contributed by atoms with Gasteiger partial charge in [0.2, 0.25) is 0 Å². The van der Waals surface area contributed by atoms with Crippen molar-refractivity contribution in [1.29, 1.82) is 10.5 Å². The molecule has 22 heavy (non-hydrogen) atoms. The van der Waals surface area contributed by atoms with Crippen LogP contribution in [0.5, 0.6) is 0 Å². The number of rotatable bonds is 8. The summed E-state index contributed by atoms with van der Waals surface area (Å²) in [5, 5.41) is 23.0. The van der Waals surface area contributed by atoms with Gasteiger partial charge in [-0.15, -0.1) is 0 Å². The zero-order valence-corrected chi connectivity index (χ0v) is 12.4. The van der Waals surface area contributed by atoms with Crippen molar-refractivity contribution in [3.05, 3.63) is 41.6 Å². The third-order valence-electron chi connectivity index (χ3n) is 2.74. The van der Waals surface area contributed by atoms with Gasteiger partial charge in [-0.25, -0.2) is 0 Å². The molecule has 6 nitrogen and oxygen atoms in total. The molecule has 6 heteroatoms. The highest BCUT2D eigenvalue weighted by Crippen LogP contribution is 2.15. The van der Waals surface area contributed by atoms with Crippen LogP contribution in [0.1, 0.15) is 23.7 Å². The number of para-hydroxylation sites is 1. The number of benzene rings is 1. The molecular formula is C16H18N4O2. The molecule has 0 aliphatic rings. The maximum absolute atomic E-state index is 12.1. The van der Waals surface area contributed by atoms with Gasteiger partial charge in [-0.2, -0.15) is 10.5 Å². The van der Waals surface area contributed by atoms with Crippen molar-refractivity contribution in [3.63, 3.8) is 0 Å². The van der Waals surface area contributed by atoms with E-state index in [1.54, 1.807) is 36.4 Å². The van der Waals surface area contributed by atoms with Crippen LogP contribution in [0.15, 0.2) is 36.0 Å². The van der Waals surface area contributed by atoms with E-state index in [0.29, 0.717) is 31.0 Å². The standard InChI is InChI=1S/C16H18N4O2/c1-2-22-9-5-8-19-16(21)14-6-3-4-7-15(14)20-12-13(10-17)11-18/h3-4,6-7,12,20H,2,5,8-9H2,1H3,(H,19,21). The van der Waals surface area contributed by atoms with Crippen LogP contribution in [0, 0.1) is 22.7 Å². The molecule has 0 saturated heterocycles.